The number of hydrogen-bond donors (Lipinski definition) is 0. The van der Waals surface area contributed by atoms with Gasteiger partial charge in [-0.05, 0) is 35.9 Å². The number of furan rings is 1. The molecule has 0 fully saturated rings. The summed E-state index contributed by atoms with van der Waals surface area (Å²) in [7, 11) is 0. The summed E-state index contributed by atoms with van der Waals surface area (Å²) in [6.07, 6.45) is 0. The highest BCUT2D eigenvalue weighted by Gasteiger charge is 2.18. The van der Waals surface area contributed by atoms with Crippen LogP contribution in [0.4, 0.5) is 11.4 Å². The molecule has 0 aliphatic heterocycles. The molecule has 0 spiro atoms. The van der Waals surface area contributed by atoms with Crippen molar-refractivity contribution in [2.24, 2.45) is 0 Å². The fraction of sp³-hybridized carbons (Fsp3) is 0.0400. The van der Waals surface area contributed by atoms with Gasteiger partial charge < -0.3 is 9.32 Å². The van der Waals surface area contributed by atoms with E-state index in [0.29, 0.717) is 0 Å². The van der Waals surface area contributed by atoms with E-state index < -0.39 is 0 Å². The second kappa shape index (κ2) is 7.17. The fourth-order valence-electron chi connectivity index (χ4n) is 3.67. The molecule has 0 amide bonds. The maximum atomic E-state index is 6.30. The van der Waals surface area contributed by atoms with E-state index in [2.05, 4.69) is 93.6 Å². The smallest absolute Gasteiger partial charge is 0.159 e. The summed E-state index contributed by atoms with van der Waals surface area (Å²) < 4.78 is 7.40. The quantitative estimate of drug-likeness (QED) is 0.292. The molecule has 0 bridgehead atoms. The maximum absolute atomic E-state index is 6.30. The van der Waals surface area contributed by atoms with Crippen LogP contribution in [0.3, 0.4) is 0 Å². The van der Waals surface area contributed by atoms with Crippen molar-refractivity contribution >= 4 is 49.2 Å². The Hall–Kier alpha value is -3.04. The van der Waals surface area contributed by atoms with E-state index in [1.807, 2.05) is 24.3 Å². The normalized spacial score (nSPS) is 11.2. The molecule has 0 atom stereocenters. The Morgan fingerprint density at radius 2 is 1.39 bits per heavy atom. The first-order valence-electron chi connectivity index (χ1n) is 9.27. The van der Waals surface area contributed by atoms with E-state index >= 15 is 0 Å². The first-order valence-corrected chi connectivity index (χ1v) is 10.1. The summed E-state index contributed by atoms with van der Waals surface area (Å²) in [5, 5.41) is 2.29. The summed E-state index contributed by atoms with van der Waals surface area (Å²) in [5.74, 6) is 0. The van der Waals surface area contributed by atoms with Crippen molar-refractivity contribution < 1.29 is 4.42 Å². The van der Waals surface area contributed by atoms with E-state index in [1.165, 1.54) is 5.56 Å². The summed E-state index contributed by atoms with van der Waals surface area (Å²) >= 11 is 3.70. The monoisotopic (exact) mass is 427 g/mol. The topological polar surface area (TPSA) is 16.4 Å². The Kier molecular flexibility index (Phi) is 4.38. The van der Waals surface area contributed by atoms with Crippen molar-refractivity contribution in [2.75, 3.05) is 4.90 Å². The Morgan fingerprint density at radius 1 is 0.679 bits per heavy atom. The van der Waals surface area contributed by atoms with Crippen LogP contribution in [0.1, 0.15) is 5.56 Å². The number of fused-ring (bicyclic) bond motifs is 3. The Morgan fingerprint density at radius 3 is 2.25 bits per heavy atom. The van der Waals surface area contributed by atoms with Gasteiger partial charge in [0.25, 0.3) is 0 Å². The number of halogens is 1. The van der Waals surface area contributed by atoms with Crippen molar-refractivity contribution in [1.82, 2.24) is 0 Å². The number of para-hydroxylation sites is 3. The van der Waals surface area contributed by atoms with Gasteiger partial charge in [-0.2, -0.15) is 0 Å². The van der Waals surface area contributed by atoms with Gasteiger partial charge in [-0.1, -0.05) is 82.7 Å². The molecular formula is C25H18BrNO. The zero-order valence-corrected chi connectivity index (χ0v) is 16.8. The average Bonchev–Trinajstić information content (AvgIpc) is 3.13. The zero-order valence-electron chi connectivity index (χ0n) is 15.2. The molecule has 0 unspecified atom stereocenters. The van der Waals surface area contributed by atoms with E-state index in [-0.39, 0.29) is 0 Å². The molecule has 0 saturated heterocycles. The maximum Gasteiger partial charge on any atom is 0.159 e. The average molecular weight is 428 g/mol. The third kappa shape index (κ3) is 2.98. The largest absolute Gasteiger partial charge is 0.454 e. The molecule has 5 aromatic rings. The number of hydrogen-bond acceptors (Lipinski definition) is 2. The summed E-state index contributed by atoms with van der Waals surface area (Å²) in [4.78, 5) is 2.31. The molecule has 3 heteroatoms. The SMILES string of the molecule is Brc1ccccc1CN(c1ccccc1)c1cccc2c1oc1ccccc12. The first-order chi connectivity index (χ1) is 13.8. The zero-order chi connectivity index (χ0) is 18.9. The van der Waals surface area contributed by atoms with E-state index in [0.717, 1.165) is 44.3 Å². The standard InChI is InChI=1S/C25H18BrNO/c26-22-14-6-4-9-18(22)17-27(19-10-2-1-3-11-19)23-15-8-13-21-20-12-5-7-16-24(20)28-25(21)23/h1-16H,17H2. The van der Waals surface area contributed by atoms with Gasteiger partial charge in [-0.25, -0.2) is 0 Å². The lowest BCUT2D eigenvalue weighted by Gasteiger charge is -2.26. The second-order valence-electron chi connectivity index (χ2n) is 6.77. The van der Waals surface area contributed by atoms with E-state index in [9.17, 15) is 0 Å². The van der Waals surface area contributed by atoms with Gasteiger partial charge >= 0.3 is 0 Å². The lowest BCUT2D eigenvalue weighted by atomic mass is 10.1. The molecule has 0 aliphatic rings. The van der Waals surface area contributed by atoms with Gasteiger partial charge in [0, 0.05) is 27.5 Å². The Balaban J connectivity index is 1.72. The molecule has 0 saturated carbocycles. The molecule has 1 heterocycles. The van der Waals surface area contributed by atoms with Gasteiger partial charge in [0.15, 0.2) is 5.58 Å². The minimum Gasteiger partial charge on any atom is -0.454 e. The number of benzene rings is 4. The molecule has 0 radical (unpaired) electrons. The molecule has 4 aromatic carbocycles. The molecule has 136 valence electrons. The van der Waals surface area contributed by atoms with Crippen LogP contribution >= 0.6 is 15.9 Å². The lowest BCUT2D eigenvalue weighted by molar-refractivity contribution is 0.667. The summed E-state index contributed by atoms with van der Waals surface area (Å²) in [5.41, 5.74) is 5.25. The number of nitrogens with zero attached hydrogens (tertiary/aromatic N) is 1. The minimum absolute atomic E-state index is 0.738. The van der Waals surface area contributed by atoms with Crippen LogP contribution in [0, 0.1) is 0 Å². The van der Waals surface area contributed by atoms with E-state index in [4.69, 9.17) is 4.42 Å². The van der Waals surface area contributed by atoms with Crippen LogP contribution in [0.25, 0.3) is 21.9 Å². The van der Waals surface area contributed by atoms with Crippen molar-refractivity contribution in [3.05, 3.63) is 107 Å². The van der Waals surface area contributed by atoms with Gasteiger partial charge in [0.05, 0.1) is 5.69 Å². The van der Waals surface area contributed by atoms with Gasteiger partial charge in [0.1, 0.15) is 5.58 Å². The molecule has 28 heavy (non-hydrogen) atoms. The third-order valence-electron chi connectivity index (χ3n) is 5.03. The van der Waals surface area contributed by atoms with Crippen molar-refractivity contribution in [2.45, 2.75) is 6.54 Å². The van der Waals surface area contributed by atoms with Crippen LogP contribution in [-0.2, 0) is 6.54 Å². The van der Waals surface area contributed by atoms with Gasteiger partial charge in [-0.3, -0.25) is 0 Å². The van der Waals surface area contributed by atoms with Crippen molar-refractivity contribution in [3.8, 4) is 0 Å². The number of anilines is 2. The molecule has 5 rings (SSSR count). The highest BCUT2D eigenvalue weighted by Crippen LogP contribution is 2.39. The molecule has 1 aromatic heterocycles. The Bertz CT molecular complexity index is 1260. The van der Waals surface area contributed by atoms with E-state index in [1.54, 1.807) is 0 Å². The summed E-state index contributed by atoms with van der Waals surface area (Å²) in [6, 6.07) is 33.4. The highest BCUT2D eigenvalue weighted by molar-refractivity contribution is 9.10. The van der Waals surface area contributed by atoms with Crippen LogP contribution in [0.5, 0.6) is 0 Å². The predicted molar refractivity (Wildman–Crippen MR) is 120 cm³/mol. The fourth-order valence-corrected chi connectivity index (χ4v) is 4.08. The Labute approximate surface area is 172 Å². The third-order valence-corrected chi connectivity index (χ3v) is 5.80. The van der Waals surface area contributed by atoms with Gasteiger partial charge in [0.2, 0.25) is 0 Å². The molecule has 0 N–H and O–H groups in total. The summed E-state index contributed by atoms with van der Waals surface area (Å²) in [6.45, 7) is 0.738. The molecule has 0 aliphatic carbocycles. The number of rotatable bonds is 4. The van der Waals surface area contributed by atoms with Crippen LogP contribution in [0.15, 0.2) is 106 Å². The van der Waals surface area contributed by atoms with Crippen LogP contribution in [0.2, 0.25) is 0 Å². The second-order valence-corrected chi connectivity index (χ2v) is 7.62. The minimum atomic E-state index is 0.738. The predicted octanol–water partition coefficient (Wildman–Crippen LogP) is 7.69. The lowest BCUT2D eigenvalue weighted by Crippen LogP contribution is -2.16. The highest BCUT2D eigenvalue weighted by atomic mass is 79.9. The first kappa shape index (κ1) is 17.1. The van der Waals surface area contributed by atoms with Crippen LogP contribution < -0.4 is 4.90 Å². The van der Waals surface area contributed by atoms with Crippen molar-refractivity contribution in [1.29, 1.82) is 0 Å². The van der Waals surface area contributed by atoms with Crippen LogP contribution in [-0.4, -0.2) is 0 Å². The van der Waals surface area contributed by atoms with Crippen molar-refractivity contribution in [3.63, 3.8) is 0 Å². The van der Waals surface area contributed by atoms with Gasteiger partial charge in [-0.15, -0.1) is 0 Å². The molecule has 2 nitrogen and oxygen atoms in total. The molecular weight excluding hydrogens is 410 g/mol.